The molecule has 0 saturated heterocycles. The van der Waals surface area contributed by atoms with Gasteiger partial charge in [-0.25, -0.2) is 4.79 Å². The van der Waals surface area contributed by atoms with E-state index >= 15 is 0 Å². The molecule has 166 valence electrons. The summed E-state index contributed by atoms with van der Waals surface area (Å²) in [6.07, 6.45) is 19.1. The topological polar surface area (TPSA) is 57.5 Å². The monoisotopic (exact) mass is 412 g/mol. The molecule has 0 fully saturated rings. The molecule has 0 atom stereocenters. The lowest BCUT2D eigenvalue weighted by atomic mass is 9.96. The Bertz CT molecular complexity index is 766. The highest BCUT2D eigenvalue weighted by Crippen LogP contribution is 2.32. The summed E-state index contributed by atoms with van der Waals surface area (Å²) in [4.78, 5) is 11.6. The number of hydrogen-bond acceptors (Lipinski definition) is 2. The molecule has 0 aromatic heterocycles. The summed E-state index contributed by atoms with van der Waals surface area (Å²) >= 11 is 0. The van der Waals surface area contributed by atoms with Gasteiger partial charge in [0.1, 0.15) is 11.3 Å². The summed E-state index contributed by atoms with van der Waals surface area (Å²) in [7, 11) is 0. The molecule has 3 nitrogen and oxygen atoms in total. The number of carboxylic acid groups (broad SMARTS) is 1. The molecule has 0 spiro atoms. The second-order valence-corrected chi connectivity index (χ2v) is 8.63. The van der Waals surface area contributed by atoms with Crippen LogP contribution in [0.15, 0.2) is 30.3 Å². The van der Waals surface area contributed by atoms with Gasteiger partial charge >= 0.3 is 5.97 Å². The molecular weight excluding hydrogens is 372 g/mol. The van der Waals surface area contributed by atoms with Gasteiger partial charge in [0.2, 0.25) is 0 Å². The molecular formula is C27H40O3. The minimum atomic E-state index is -1.06. The highest BCUT2D eigenvalue weighted by Gasteiger charge is 2.17. The number of carbonyl (C=O) groups is 1. The molecule has 0 aliphatic carbocycles. The Kier molecular flexibility index (Phi) is 11.4. The predicted molar refractivity (Wildman–Crippen MR) is 127 cm³/mol. The van der Waals surface area contributed by atoms with Crippen LogP contribution in [0.1, 0.15) is 113 Å². The van der Waals surface area contributed by atoms with E-state index in [9.17, 15) is 15.0 Å². The fraction of sp³-hybridized carbons (Fsp3) is 0.593. The molecule has 2 aromatic rings. The van der Waals surface area contributed by atoms with Crippen molar-refractivity contribution >= 4 is 16.7 Å². The molecule has 0 bridgehead atoms. The third kappa shape index (κ3) is 8.01. The zero-order chi connectivity index (χ0) is 21.6. The lowest BCUT2D eigenvalue weighted by Crippen LogP contribution is -2.01. The third-order valence-electron chi connectivity index (χ3n) is 6.11. The van der Waals surface area contributed by atoms with Crippen LogP contribution in [0.5, 0.6) is 5.75 Å². The van der Waals surface area contributed by atoms with Gasteiger partial charge in [-0.05, 0) is 35.2 Å². The number of phenols is 1. The van der Waals surface area contributed by atoms with Gasteiger partial charge in [0.25, 0.3) is 0 Å². The molecule has 0 amide bonds. The lowest BCUT2D eigenvalue weighted by molar-refractivity contribution is 0.0696. The van der Waals surface area contributed by atoms with E-state index in [1.54, 1.807) is 6.07 Å². The van der Waals surface area contributed by atoms with E-state index in [0.29, 0.717) is 5.39 Å². The first-order valence-electron chi connectivity index (χ1n) is 12.1. The molecule has 2 N–H and O–H groups in total. The van der Waals surface area contributed by atoms with Crippen molar-refractivity contribution in [1.29, 1.82) is 0 Å². The van der Waals surface area contributed by atoms with E-state index in [-0.39, 0.29) is 11.3 Å². The molecule has 0 aliphatic rings. The van der Waals surface area contributed by atoms with Gasteiger partial charge in [-0.3, -0.25) is 0 Å². The zero-order valence-electron chi connectivity index (χ0n) is 18.8. The Morgan fingerprint density at radius 3 is 1.80 bits per heavy atom. The minimum Gasteiger partial charge on any atom is -0.507 e. The number of fused-ring (bicyclic) bond motifs is 1. The standard InChI is InChI=1S/C27H40O3/c1-2-3-4-5-6-7-8-9-10-11-12-13-14-15-19-23-21-22-18-16-17-20-24(22)25(26(23)28)27(29)30/h16-18,20-21,28H,2-15,19H2,1H3,(H,29,30). The highest BCUT2D eigenvalue weighted by molar-refractivity contribution is 6.06. The average Bonchev–Trinajstić information content (AvgIpc) is 2.74. The van der Waals surface area contributed by atoms with Gasteiger partial charge < -0.3 is 10.2 Å². The second kappa shape index (κ2) is 14.1. The maximum Gasteiger partial charge on any atom is 0.340 e. The summed E-state index contributed by atoms with van der Waals surface area (Å²) in [5.74, 6) is -1.12. The van der Waals surface area contributed by atoms with Gasteiger partial charge in [0, 0.05) is 0 Å². The fourth-order valence-electron chi connectivity index (χ4n) is 4.31. The van der Waals surface area contributed by atoms with Crippen LogP contribution in [0.25, 0.3) is 10.8 Å². The van der Waals surface area contributed by atoms with Crippen molar-refractivity contribution in [3.05, 3.63) is 41.5 Å². The van der Waals surface area contributed by atoms with Gasteiger partial charge in [-0.2, -0.15) is 0 Å². The van der Waals surface area contributed by atoms with Crippen LogP contribution in [-0.2, 0) is 6.42 Å². The number of hydrogen-bond donors (Lipinski definition) is 2. The Morgan fingerprint density at radius 1 is 0.767 bits per heavy atom. The van der Waals surface area contributed by atoms with Gasteiger partial charge in [0.05, 0.1) is 0 Å². The smallest absolute Gasteiger partial charge is 0.340 e. The van der Waals surface area contributed by atoms with Gasteiger partial charge in [-0.1, -0.05) is 115 Å². The van der Waals surface area contributed by atoms with Crippen LogP contribution >= 0.6 is 0 Å². The molecule has 0 aliphatic heterocycles. The third-order valence-corrected chi connectivity index (χ3v) is 6.11. The van der Waals surface area contributed by atoms with Crippen LogP contribution in [0.4, 0.5) is 0 Å². The van der Waals surface area contributed by atoms with Gasteiger partial charge in [-0.15, -0.1) is 0 Å². The lowest BCUT2D eigenvalue weighted by Gasteiger charge is -2.11. The molecule has 0 heterocycles. The number of unbranched alkanes of at least 4 members (excludes halogenated alkanes) is 13. The normalized spacial score (nSPS) is 11.2. The number of benzene rings is 2. The minimum absolute atomic E-state index is 0.0356. The van der Waals surface area contributed by atoms with Crippen LogP contribution in [0.2, 0.25) is 0 Å². The summed E-state index contributed by atoms with van der Waals surface area (Å²) < 4.78 is 0. The van der Waals surface area contributed by atoms with E-state index in [1.807, 2.05) is 24.3 Å². The van der Waals surface area contributed by atoms with E-state index < -0.39 is 5.97 Å². The summed E-state index contributed by atoms with van der Waals surface area (Å²) in [5, 5.41) is 21.5. The highest BCUT2D eigenvalue weighted by atomic mass is 16.4. The number of rotatable bonds is 16. The van der Waals surface area contributed by atoms with Crippen LogP contribution in [0.3, 0.4) is 0 Å². The predicted octanol–water partition coefficient (Wildman–Crippen LogP) is 8.27. The first kappa shape index (κ1) is 24.2. The van der Waals surface area contributed by atoms with Crippen molar-refractivity contribution in [2.75, 3.05) is 0 Å². The van der Waals surface area contributed by atoms with Crippen LogP contribution in [-0.4, -0.2) is 16.2 Å². The van der Waals surface area contributed by atoms with Gasteiger partial charge in [0.15, 0.2) is 0 Å². The molecule has 2 rings (SSSR count). The largest absolute Gasteiger partial charge is 0.507 e. The Hall–Kier alpha value is -2.03. The number of aromatic carboxylic acids is 1. The Morgan fingerprint density at radius 2 is 1.27 bits per heavy atom. The summed E-state index contributed by atoms with van der Waals surface area (Å²) in [6, 6.07) is 9.33. The van der Waals surface area contributed by atoms with E-state index in [2.05, 4.69) is 6.92 Å². The van der Waals surface area contributed by atoms with Crippen LogP contribution < -0.4 is 0 Å². The van der Waals surface area contributed by atoms with Crippen molar-refractivity contribution in [1.82, 2.24) is 0 Å². The summed E-state index contributed by atoms with van der Waals surface area (Å²) in [6.45, 7) is 2.27. The molecule has 3 heteroatoms. The average molecular weight is 413 g/mol. The molecule has 0 radical (unpaired) electrons. The number of aryl methyl sites for hydroxylation is 1. The van der Waals surface area contributed by atoms with Crippen molar-refractivity contribution in [2.45, 2.75) is 103 Å². The van der Waals surface area contributed by atoms with E-state index in [0.717, 1.165) is 30.2 Å². The maximum absolute atomic E-state index is 11.6. The fourth-order valence-corrected chi connectivity index (χ4v) is 4.31. The second-order valence-electron chi connectivity index (χ2n) is 8.63. The van der Waals surface area contributed by atoms with Crippen molar-refractivity contribution < 1.29 is 15.0 Å². The molecule has 0 unspecified atom stereocenters. The Labute approximate surface area is 182 Å². The van der Waals surface area contributed by atoms with Crippen molar-refractivity contribution in [2.24, 2.45) is 0 Å². The quantitative estimate of drug-likeness (QED) is 0.273. The summed E-state index contributed by atoms with van der Waals surface area (Å²) in [5.41, 5.74) is 0.790. The SMILES string of the molecule is CCCCCCCCCCCCCCCCc1cc2ccccc2c(C(=O)O)c1O. The number of aromatic hydroxyl groups is 1. The van der Waals surface area contributed by atoms with E-state index in [4.69, 9.17) is 0 Å². The maximum atomic E-state index is 11.6. The van der Waals surface area contributed by atoms with Crippen LogP contribution in [0, 0.1) is 0 Å². The molecule has 30 heavy (non-hydrogen) atoms. The van der Waals surface area contributed by atoms with E-state index in [1.165, 1.54) is 77.0 Å². The van der Waals surface area contributed by atoms with Crippen molar-refractivity contribution in [3.8, 4) is 5.75 Å². The first-order chi connectivity index (χ1) is 14.6. The number of carboxylic acids is 1. The van der Waals surface area contributed by atoms with Crippen molar-refractivity contribution in [3.63, 3.8) is 0 Å². The Balaban J connectivity index is 1.61. The molecule has 2 aromatic carbocycles. The first-order valence-corrected chi connectivity index (χ1v) is 12.1. The molecule has 0 saturated carbocycles. The zero-order valence-corrected chi connectivity index (χ0v) is 18.8.